The summed E-state index contributed by atoms with van der Waals surface area (Å²) in [7, 11) is 0. The molecular weight excluding hydrogens is 657 g/mol. The van der Waals surface area contributed by atoms with Gasteiger partial charge in [-0.05, 0) is 42.0 Å². The first-order valence-corrected chi connectivity index (χ1v) is 15.4. The van der Waals surface area contributed by atoms with Crippen LogP contribution in [0.15, 0.2) is 109 Å². The molecule has 0 saturated carbocycles. The fourth-order valence-corrected chi connectivity index (χ4v) is 6.32. The summed E-state index contributed by atoms with van der Waals surface area (Å²) in [6.07, 6.45) is 0. The first-order chi connectivity index (χ1) is 24.8. The van der Waals surface area contributed by atoms with E-state index in [1.807, 2.05) is 0 Å². The molecule has 8 aromatic rings. The summed E-state index contributed by atoms with van der Waals surface area (Å²) in [5.41, 5.74) is 2.82. The van der Waals surface area contributed by atoms with E-state index in [-0.39, 0.29) is 27.4 Å². The summed E-state index contributed by atoms with van der Waals surface area (Å²) < 4.78 is 75.6. The Kier molecular flexibility index (Phi) is 7.43. The van der Waals surface area contributed by atoms with E-state index in [2.05, 4.69) is 12.1 Å². The standard InChI is InChI=1S/C41H18F5N5/c42-33-31(34(43)36(45)37(46)35(33)44)27-18-29-41(32-30(27)26-8-4-5-9-28(26)49-38(32)23-6-2-1-3-7-23)51-40(25-16-12-22(20-48)13-17-25)39(50-29)24-14-10-21(19-47)11-15-24/h1-18H. The maximum atomic E-state index is 15.8. The number of halogens is 5. The highest BCUT2D eigenvalue weighted by molar-refractivity contribution is 6.25. The number of hydrogen-bond donors (Lipinski definition) is 0. The molecule has 0 unspecified atom stereocenters. The first kappa shape index (κ1) is 31.2. The summed E-state index contributed by atoms with van der Waals surface area (Å²) in [6.45, 7) is 0. The zero-order valence-corrected chi connectivity index (χ0v) is 26.0. The highest BCUT2D eigenvalue weighted by Gasteiger charge is 2.30. The third kappa shape index (κ3) is 5.01. The molecule has 51 heavy (non-hydrogen) atoms. The number of nitrogens with zero attached hydrogens (tertiary/aromatic N) is 5. The van der Waals surface area contributed by atoms with Gasteiger partial charge in [0.1, 0.15) is 0 Å². The predicted molar refractivity (Wildman–Crippen MR) is 183 cm³/mol. The van der Waals surface area contributed by atoms with Gasteiger partial charge in [0, 0.05) is 32.8 Å². The van der Waals surface area contributed by atoms with Gasteiger partial charge >= 0.3 is 0 Å². The van der Waals surface area contributed by atoms with Gasteiger partial charge in [0.25, 0.3) is 0 Å². The van der Waals surface area contributed by atoms with E-state index in [1.54, 1.807) is 103 Å². The molecule has 0 aliphatic rings. The number of nitriles is 2. The minimum atomic E-state index is -2.27. The van der Waals surface area contributed by atoms with Crippen LogP contribution in [0.1, 0.15) is 11.1 Å². The molecule has 10 heteroatoms. The van der Waals surface area contributed by atoms with Crippen LogP contribution in [0.3, 0.4) is 0 Å². The molecule has 242 valence electrons. The Morgan fingerprint density at radius 2 is 0.941 bits per heavy atom. The van der Waals surface area contributed by atoms with Crippen molar-refractivity contribution in [3.8, 4) is 57.0 Å². The Balaban J connectivity index is 1.62. The van der Waals surface area contributed by atoms with E-state index >= 15 is 8.78 Å². The summed E-state index contributed by atoms with van der Waals surface area (Å²) in [4.78, 5) is 15.0. The summed E-state index contributed by atoms with van der Waals surface area (Å²) in [6, 6.07) is 34.3. The van der Waals surface area contributed by atoms with Crippen molar-refractivity contribution in [3.05, 3.63) is 149 Å². The largest absolute Gasteiger partial charge is 0.247 e. The van der Waals surface area contributed by atoms with Crippen molar-refractivity contribution in [1.82, 2.24) is 15.0 Å². The molecule has 0 spiro atoms. The molecule has 0 atom stereocenters. The average molecular weight is 676 g/mol. The molecule has 6 aromatic carbocycles. The molecule has 0 aliphatic heterocycles. The maximum absolute atomic E-state index is 15.8. The quantitative estimate of drug-likeness (QED) is 0.0802. The van der Waals surface area contributed by atoms with Crippen molar-refractivity contribution in [1.29, 1.82) is 10.5 Å². The minimum Gasteiger partial charge on any atom is -0.247 e. The lowest BCUT2D eigenvalue weighted by Gasteiger charge is -2.19. The fourth-order valence-electron chi connectivity index (χ4n) is 6.32. The molecule has 2 heterocycles. The molecule has 0 N–H and O–H groups in total. The van der Waals surface area contributed by atoms with E-state index in [0.717, 1.165) is 0 Å². The van der Waals surface area contributed by atoms with E-state index in [1.165, 1.54) is 6.07 Å². The summed E-state index contributed by atoms with van der Waals surface area (Å²) >= 11 is 0. The molecule has 0 saturated heterocycles. The van der Waals surface area contributed by atoms with Gasteiger partial charge in [-0.25, -0.2) is 36.9 Å². The maximum Gasteiger partial charge on any atom is 0.200 e. The van der Waals surface area contributed by atoms with Crippen molar-refractivity contribution in [3.63, 3.8) is 0 Å². The van der Waals surface area contributed by atoms with E-state index < -0.39 is 34.6 Å². The zero-order valence-electron chi connectivity index (χ0n) is 26.0. The van der Waals surface area contributed by atoms with Crippen molar-refractivity contribution in [2.24, 2.45) is 0 Å². The number of aromatic nitrogens is 3. The molecule has 5 nitrogen and oxygen atoms in total. The van der Waals surface area contributed by atoms with Gasteiger partial charge in [0.15, 0.2) is 23.3 Å². The third-order valence-corrected chi connectivity index (χ3v) is 8.70. The van der Waals surface area contributed by atoms with E-state index in [9.17, 15) is 23.7 Å². The normalized spacial score (nSPS) is 11.2. The molecule has 0 aliphatic carbocycles. The monoisotopic (exact) mass is 675 g/mol. The van der Waals surface area contributed by atoms with Crippen LogP contribution < -0.4 is 0 Å². The number of fused-ring (bicyclic) bond motifs is 5. The summed E-state index contributed by atoms with van der Waals surface area (Å²) in [5.74, 6) is -10.4. The van der Waals surface area contributed by atoms with Crippen molar-refractivity contribution < 1.29 is 22.0 Å². The van der Waals surface area contributed by atoms with Crippen LogP contribution in [0.5, 0.6) is 0 Å². The number of benzene rings is 6. The highest BCUT2D eigenvalue weighted by Crippen LogP contribution is 2.45. The van der Waals surface area contributed by atoms with Gasteiger partial charge in [-0.15, -0.1) is 0 Å². The number of hydrogen-bond acceptors (Lipinski definition) is 5. The lowest BCUT2D eigenvalue weighted by Crippen LogP contribution is -2.06. The molecule has 0 radical (unpaired) electrons. The van der Waals surface area contributed by atoms with Crippen LogP contribution in [0.25, 0.3) is 77.6 Å². The predicted octanol–water partition coefficient (Wildman–Crippen LogP) is 10.4. The van der Waals surface area contributed by atoms with Gasteiger partial charge in [0.05, 0.1) is 62.5 Å². The van der Waals surface area contributed by atoms with Crippen LogP contribution in [0, 0.1) is 51.7 Å². The van der Waals surface area contributed by atoms with Crippen LogP contribution in [-0.2, 0) is 0 Å². The van der Waals surface area contributed by atoms with Crippen molar-refractivity contribution >= 4 is 32.7 Å². The van der Waals surface area contributed by atoms with Gasteiger partial charge in [-0.2, -0.15) is 10.5 Å². The van der Waals surface area contributed by atoms with Crippen molar-refractivity contribution in [2.45, 2.75) is 0 Å². The van der Waals surface area contributed by atoms with Crippen molar-refractivity contribution in [2.75, 3.05) is 0 Å². The second-order valence-corrected chi connectivity index (χ2v) is 11.6. The second kappa shape index (κ2) is 12.1. The van der Waals surface area contributed by atoms with Crippen LogP contribution in [0.2, 0.25) is 0 Å². The Morgan fingerprint density at radius 3 is 1.53 bits per heavy atom. The molecule has 8 rings (SSSR count). The Morgan fingerprint density at radius 1 is 0.451 bits per heavy atom. The summed E-state index contributed by atoms with van der Waals surface area (Å²) in [5, 5.41) is 19.7. The van der Waals surface area contributed by atoms with Crippen LogP contribution in [0.4, 0.5) is 22.0 Å². The smallest absolute Gasteiger partial charge is 0.200 e. The topological polar surface area (TPSA) is 86.2 Å². The van der Waals surface area contributed by atoms with E-state index in [0.29, 0.717) is 55.8 Å². The average Bonchev–Trinajstić information content (AvgIpc) is 3.18. The Hall–Kier alpha value is -7.04. The lowest BCUT2D eigenvalue weighted by molar-refractivity contribution is 0.381. The highest BCUT2D eigenvalue weighted by atomic mass is 19.2. The third-order valence-electron chi connectivity index (χ3n) is 8.70. The molecule has 0 bridgehead atoms. The minimum absolute atomic E-state index is 0.0764. The van der Waals surface area contributed by atoms with Gasteiger partial charge in [-0.1, -0.05) is 72.8 Å². The van der Waals surface area contributed by atoms with Crippen LogP contribution in [-0.4, -0.2) is 15.0 Å². The van der Waals surface area contributed by atoms with Gasteiger partial charge in [0.2, 0.25) is 5.82 Å². The molecule has 2 aromatic heterocycles. The molecule has 0 fully saturated rings. The number of pyridine rings is 1. The Labute approximate surface area is 286 Å². The number of rotatable bonds is 4. The SMILES string of the molecule is N#Cc1ccc(-c2nc3cc(-c4c(F)c(F)c(F)c(F)c4F)c4c5ccccc5nc(-c5ccccc5)c4c3nc2-c2ccc(C#N)cc2)cc1. The fraction of sp³-hybridized carbons (Fsp3) is 0. The Bertz CT molecular complexity index is 2780. The first-order valence-electron chi connectivity index (χ1n) is 15.4. The zero-order chi connectivity index (χ0) is 35.4. The van der Waals surface area contributed by atoms with Crippen LogP contribution >= 0.6 is 0 Å². The van der Waals surface area contributed by atoms with E-state index in [4.69, 9.17) is 15.0 Å². The molecular formula is C41H18F5N5. The van der Waals surface area contributed by atoms with Gasteiger partial charge < -0.3 is 0 Å². The van der Waals surface area contributed by atoms with Gasteiger partial charge in [-0.3, -0.25) is 0 Å². The number of para-hydroxylation sites is 1. The lowest BCUT2D eigenvalue weighted by atomic mass is 9.90. The second-order valence-electron chi connectivity index (χ2n) is 11.6. The molecule has 0 amide bonds.